The average Bonchev–Trinajstić information content (AvgIpc) is 3.07. The number of aromatic nitrogens is 1. The maximum atomic E-state index is 11.9. The Morgan fingerprint density at radius 2 is 2.44 bits per heavy atom. The van der Waals surface area contributed by atoms with Gasteiger partial charge in [-0.2, -0.15) is 0 Å². The van der Waals surface area contributed by atoms with E-state index in [-0.39, 0.29) is 23.1 Å². The van der Waals surface area contributed by atoms with Crippen molar-refractivity contribution in [3.63, 3.8) is 0 Å². The van der Waals surface area contributed by atoms with Crippen LogP contribution in [0.25, 0.3) is 0 Å². The fraction of sp³-hybridized carbons (Fsp3) is 0.455. The SMILES string of the molecule is CCC1CC1NC(=O)c1cc([N+](=O)[O-])cnc1N. The number of nitrogens with zero attached hydrogens (tertiary/aromatic N) is 2. The summed E-state index contributed by atoms with van der Waals surface area (Å²) in [4.78, 5) is 25.6. The Kier molecular flexibility index (Phi) is 3.14. The number of carbonyl (C=O) groups is 1. The molecule has 0 aliphatic heterocycles. The number of nitrogens with two attached hydrogens (primary N) is 1. The Morgan fingerprint density at radius 1 is 1.72 bits per heavy atom. The summed E-state index contributed by atoms with van der Waals surface area (Å²) in [5, 5.41) is 13.4. The molecule has 1 amide bonds. The van der Waals surface area contributed by atoms with Crippen molar-refractivity contribution in [2.24, 2.45) is 5.92 Å². The lowest BCUT2D eigenvalue weighted by molar-refractivity contribution is -0.385. The Hall–Kier alpha value is -2.18. The van der Waals surface area contributed by atoms with Gasteiger partial charge in [0.2, 0.25) is 0 Å². The summed E-state index contributed by atoms with van der Waals surface area (Å²) in [6.07, 6.45) is 3.00. The number of anilines is 1. The summed E-state index contributed by atoms with van der Waals surface area (Å²) in [5.74, 6) is 0.110. The van der Waals surface area contributed by atoms with Crippen molar-refractivity contribution in [3.8, 4) is 0 Å². The van der Waals surface area contributed by atoms with Gasteiger partial charge in [-0.3, -0.25) is 14.9 Å². The van der Waals surface area contributed by atoms with E-state index in [9.17, 15) is 14.9 Å². The second kappa shape index (κ2) is 4.59. The van der Waals surface area contributed by atoms with Crippen LogP contribution in [0.4, 0.5) is 11.5 Å². The third-order valence-corrected chi connectivity index (χ3v) is 3.12. The molecule has 1 saturated carbocycles. The van der Waals surface area contributed by atoms with E-state index >= 15 is 0 Å². The highest BCUT2D eigenvalue weighted by Crippen LogP contribution is 2.33. The number of rotatable bonds is 4. The lowest BCUT2D eigenvalue weighted by Crippen LogP contribution is -2.27. The van der Waals surface area contributed by atoms with E-state index in [0.717, 1.165) is 25.1 Å². The fourth-order valence-electron chi connectivity index (χ4n) is 1.87. The second-order valence-corrected chi connectivity index (χ2v) is 4.37. The zero-order valence-corrected chi connectivity index (χ0v) is 9.92. The highest BCUT2D eigenvalue weighted by molar-refractivity contribution is 5.99. The lowest BCUT2D eigenvalue weighted by atomic mass is 10.2. The zero-order valence-electron chi connectivity index (χ0n) is 9.92. The maximum absolute atomic E-state index is 11.9. The Labute approximate surface area is 104 Å². The summed E-state index contributed by atoms with van der Waals surface area (Å²) >= 11 is 0. The van der Waals surface area contributed by atoms with Gasteiger partial charge in [0.15, 0.2) is 0 Å². The highest BCUT2D eigenvalue weighted by Gasteiger charge is 2.37. The molecule has 0 spiro atoms. The molecule has 1 aliphatic carbocycles. The first-order valence-electron chi connectivity index (χ1n) is 5.73. The minimum Gasteiger partial charge on any atom is -0.383 e. The predicted octanol–water partition coefficient (Wildman–Crippen LogP) is 1.10. The number of carbonyl (C=O) groups excluding carboxylic acids is 1. The predicted molar refractivity (Wildman–Crippen MR) is 65.0 cm³/mol. The van der Waals surface area contributed by atoms with E-state index in [1.165, 1.54) is 0 Å². The molecule has 7 heteroatoms. The van der Waals surface area contributed by atoms with Crippen molar-refractivity contribution in [3.05, 3.63) is 27.9 Å². The van der Waals surface area contributed by atoms with Crippen molar-refractivity contribution in [2.45, 2.75) is 25.8 Å². The standard InChI is InChI=1S/C11H14N4O3/c1-2-6-3-9(6)14-11(16)8-4-7(15(17)18)5-13-10(8)12/h4-6,9H,2-3H2,1H3,(H2,12,13)(H,14,16). The van der Waals surface area contributed by atoms with Crippen molar-refractivity contribution >= 4 is 17.4 Å². The topological polar surface area (TPSA) is 111 Å². The first-order chi connectivity index (χ1) is 8.52. The molecule has 0 aromatic carbocycles. The summed E-state index contributed by atoms with van der Waals surface area (Å²) in [6, 6.07) is 1.31. The number of nitro groups is 1. The quantitative estimate of drug-likeness (QED) is 0.614. The zero-order chi connectivity index (χ0) is 13.3. The maximum Gasteiger partial charge on any atom is 0.288 e. The smallest absolute Gasteiger partial charge is 0.288 e. The van der Waals surface area contributed by atoms with E-state index in [2.05, 4.69) is 17.2 Å². The molecule has 3 N–H and O–H groups in total. The molecule has 1 aromatic rings. The van der Waals surface area contributed by atoms with Gasteiger partial charge in [0.05, 0.1) is 10.5 Å². The van der Waals surface area contributed by atoms with E-state index in [0.29, 0.717) is 5.92 Å². The van der Waals surface area contributed by atoms with Gasteiger partial charge in [0.25, 0.3) is 11.6 Å². The van der Waals surface area contributed by atoms with E-state index in [4.69, 9.17) is 5.73 Å². The van der Waals surface area contributed by atoms with Gasteiger partial charge in [0.1, 0.15) is 12.0 Å². The molecular formula is C11H14N4O3. The van der Waals surface area contributed by atoms with Crippen molar-refractivity contribution < 1.29 is 9.72 Å². The molecule has 0 saturated heterocycles. The Balaban J connectivity index is 2.14. The van der Waals surface area contributed by atoms with Crippen LogP contribution >= 0.6 is 0 Å². The lowest BCUT2D eigenvalue weighted by Gasteiger charge is -2.06. The highest BCUT2D eigenvalue weighted by atomic mass is 16.6. The minimum atomic E-state index is -0.602. The van der Waals surface area contributed by atoms with Crippen LogP contribution in [0.3, 0.4) is 0 Å². The van der Waals surface area contributed by atoms with Crippen molar-refractivity contribution in [1.29, 1.82) is 0 Å². The molecule has 7 nitrogen and oxygen atoms in total. The van der Waals surface area contributed by atoms with Crippen LogP contribution in [0.2, 0.25) is 0 Å². The van der Waals surface area contributed by atoms with Crippen molar-refractivity contribution in [2.75, 3.05) is 5.73 Å². The molecule has 0 radical (unpaired) electrons. The molecule has 1 aliphatic rings. The largest absolute Gasteiger partial charge is 0.383 e. The molecule has 2 rings (SSSR count). The molecule has 0 bridgehead atoms. The van der Waals surface area contributed by atoms with E-state index in [1.54, 1.807) is 0 Å². The molecule has 18 heavy (non-hydrogen) atoms. The molecule has 2 atom stereocenters. The van der Waals surface area contributed by atoms with Crippen LogP contribution in [-0.4, -0.2) is 21.9 Å². The summed E-state index contributed by atoms with van der Waals surface area (Å²) in [5.41, 5.74) is 5.38. The number of pyridine rings is 1. The Morgan fingerprint density at radius 3 is 3.00 bits per heavy atom. The van der Waals surface area contributed by atoms with Gasteiger partial charge in [-0.05, 0) is 12.3 Å². The summed E-state index contributed by atoms with van der Waals surface area (Å²) in [6.45, 7) is 2.06. The van der Waals surface area contributed by atoms with Gasteiger partial charge < -0.3 is 11.1 Å². The van der Waals surface area contributed by atoms with Crippen LogP contribution in [0, 0.1) is 16.0 Å². The number of hydrogen-bond acceptors (Lipinski definition) is 5. The second-order valence-electron chi connectivity index (χ2n) is 4.37. The number of nitrogen functional groups attached to an aromatic ring is 1. The van der Waals surface area contributed by atoms with Crippen LogP contribution in [-0.2, 0) is 0 Å². The van der Waals surface area contributed by atoms with Gasteiger partial charge in [-0.15, -0.1) is 0 Å². The average molecular weight is 250 g/mol. The fourth-order valence-corrected chi connectivity index (χ4v) is 1.87. The van der Waals surface area contributed by atoms with Crippen LogP contribution in [0.5, 0.6) is 0 Å². The first-order valence-corrected chi connectivity index (χ1v) is 5.73. The van der Waals surface area contributed by atoms with Gasteiger partial charge in [-0.1, -0.05) is 13.3 Å². The Bertz CT molecular complexity index is 503. The molecule has 1 heterocycles. The van der Waals surface area contributed by atoms with Crippen LogP contribution in [0.1, 0.15) is 30.1 Å². The third-order valence-electron chi connectivity index (χ3n) is 3.12. The normalized spacial score (nSPS) is 21.4. The van der Waals surface area contributed by atoms with Crippen molar-refractivity contribution in [1.82, 2.24) is 10.3 Å². The number of nitrogens with one attached hydrogen (secondary N) is 1. The number of hydrogen-bond donors (Lipinski definition) is 2. The molecular weight excluding hydrogens is 236 g/mol. The molecule has 1 aromatic heterocycles. The molecule has 96 valence electrons. The monoisotopic (exact) mass is 250 g/mol. The molecule has 2 unspecified atom stereocenters. The van der Waals surface area contributed by atoms with Gasteiger partial charge in [-0.25, -0.2) is 4.98 Å². The van der Waals surface area contributed by atoms with Crippen LogP contribution < -0.4 is 11.1 Å². The summed E-state index contributed by atoms with van der Waals surface area (Å²) in [7, 11) is 0. The third kappa shape index (κ3) is 2.39. The summed E-state index contributed by atoms with van der Waals surface area (Å²) < 4.78 is 0. The first kappa shape index (κ1) is 12.3. The van der Waals surface area contributed by atoms with Crippen LogP contribution in [0.15, 0.2) is 12.3 Å². The van der Waals surface area contributed by atoms with E-state index < -0.39 is 10.8 Å². The van der Waals surface area contributed by atoms with Gasteiger partial charge in [0, 0.05) is 12.1 Å². The minimum absolute atomic E-state index is 0.00629. The number of amides is 1. The van der Waals surface area contributed by atoms with Gasteiger partial charge >= 0.3 is 0 Å². The molecule has 1 fully saturated rings. The van der Waals surface area contributed by atoms with E-state index in [1.807, 2.05) is 0 Å².